The number of hydrogen-bond acceptors (Lipinski definition) is 0. The Morgan fingerprint density at radius 2 is 1.30 bits per heavy atom. The monoisotopic (exact) mass is 274 g/mol. The molecule has 0 spiro atoms. The average molecular weight is 274 g/mol. The summed E-state index contributed by atoms with van der Waals surface area (Å²) >= 11 is 0. The van der Waals surface area contributed by atoms with Crippen molar-refractivity contribution in [3.63, 3.8) is 0 Å². The molecule has 3 rings (SSSR count). The first-order valence-corrected chi connectivity index (χ1v) is 9.41. The van der Waals surface area contributed by atoms with Gasteiger partial charge in [-0.2, -0.15) is 0 Å². The molecule has 0 amide bonds. The normalized spacial score (nSPS) is 43.1. The Hall–Kier alpha value is -0.260. The molecule has 0 saturated heterocycles. The minimum absolute atomic E-state index is 0.971. The lowest BCUT2D eigenvalue weighted by Gasteiger charge is -2.36. The van der Waals surface area contributed by atoms with Crippen molar-refractivity contribution < 1.29 is 0 Å². The molecular weight excluding hydrogens is 240 g/mol. The van der Waals surface area contributed by atoms with Gasteiger partial charge in [0, 0.05) is 0 Å². The maximum Gasteiger partial charge on any atom is -0.0203 e. The fourth-order valence-corrected chi connectivity index (χ4v) is 5.06. The Balaban J connectivity index is 1.50. The van der Waals surface area contributed by atoms with Crippen LogP contribution in [0, 0.1) is 29.6 Å². The first-order valence-electron chi connectivity index (χ1n) is 9.41. The van der Waals surface area contributed by atoms with E-state index in [1.165, 1.54) is 70.6 Å². The van der Waals surface area contributed by atoms with Gasteiger partial charge in [-0.15, -0.1) is 0 Å². The van der Waals surface area contributed by atoms with E-state index in [1.54, 1.807) is 0 Å². The summed E-state index contributed by atoms with van der Waals surface area (Å²) in [5.41, 5.74) is 1.86. The highest BCUT2D eigenvalue weighted by molar-refractivity contribution is 5.12. The molecule has 0 heteroatoms. The standard InChI is InChI=1S/C20H34/c1-15-3-7-17(8-4-15)19-11-13-20(14-12-19)18-9-5-16(2)6-10-18/h11,15-18,20H,3-10,12-14H2,1-2H3. The lowest BCUT2D eigenvalue weighted by atomic mass is 9.69. The van der Waals surface area contributed by atoms with E-state index in [0.29, 0.717) is 0 Å². The molecule has 114 valence electrons. The van der Waals surface area contributed by atoms with Crippen molar-refractivity contribution in [1.29, 1.82) is 0 Å². The highest BCUT2D eigenvalue weighted by Crippen LogP contribution is 2.43. The number of allylic oxidation sites excluding steroid dienone is 2. The van der Waals surface area contributed by atoms with Gasteiger partial charge in [-0.25, -0.2) is 0 Å². The van der Waals surface area contributed by atoms with Gasteiger partial charge in [0.1, 0.15) is 0 Å². The molecule has 2 fully saturated rings. The molecule has 0 aliphatic heterocycles. The van der Waals surface area contributed by atoms with E-state index in [-0.39, 0.29) is 0 Å². The third-order valence-electron chi connectivity index (χ3n) is 6.75. The van der Waals surface area contributed by atoms with Crippen molar-refractivity contribution in [2.45, 2.75) is 84.5 Å². The number of hydrogen-bond donors (Lipinski definition) is 0. The zero-order valence-electron chi connectivity index (χ0n) is 13.7. The van der Waals surface area contributed by atoms with Crippen LogP contribution in [0.1, 0.15) is 84.5 Å². The second-order valence-electron chi connectivity index (χ2n) is 8.29. The van der Waals surface area contributed by atoms with Crippen LogP contribution in [0.2, 0.25) is 0 Å². The van der Waals surface area contributed by atoms with Crippen LogP contribution < -0.4 is 0 Å². The van der Waals surface area contributed by atoms with Gasteiger partial charge in [0.05, 0.1) is 0 Å². The highest BCUT2D eigenvalue weighted by atomic mass is 14.3. The van der Waals surface area contributed by atoms with Gasteiger partial charge in [0.2, 0.25) is 0 Å². The third-order valence-corrected chi connectivity index (χ3v) is 6.75. The van der Waals surface area contributed by atoms with Gasteiger partial charge in [-0.05, 0) is 74.5 Å². The SMILES string of the molecule is CC1CCC(C2=CCC(C3CCC(C)CC3)CC2)CC1. The predicted octanol–water partition coefficient (Wildman–Crippen LogP) is 6.37. The Morgan fingerprint density at radius 3 is 1.85 bits per heavy atom. The summed E-state index contributed by atoms with van der Waals surface area (Å²) in [5, 5.41) is 0. The second kappa shape index (κ2) is 6.67. The molecule has 0 bridgehead atoms. The second-order valence-corrected chi connectivity index (χ2v) is 8.29. The van der Waals surface area contributed by atoms with Gasteiger partial charge in [-0.3, -0.25) is 0 Å². The van der Waals surface area contributed by atoms with Crippen LogP contribution in [-0.4, -0.2) is 0 Å². The summed E-state index contributed by atoms with van der Waals surface area (Å²) in [4.78, 5) is 0. The fourth-order valence-electron chi connectivity index (χ4n) is 5.06. The molecule has 1 atom stereocenters. The maximum atomic E-state index is 2.69. The smallest absolute Gasteiger partial charge is 0.0203 e. The van der Waals surface area contributed by atoms with E-state index < -0.39 is 0 Å². The Morgan fingerprint density at radius 1 is 0.700 bits per heavy atom. The largest absolute Gasteiger partial charge is 0.0848 e. The van der Waals surface area contributed by atoms with Crippen molar-refractivity contribution >= 4 is 0 Å². The van der Waals surface area contributed by atoms with Crippen LogP contribution in [0.5, 0.6) is 0 Å². The zero-order chi connectivity index (χ0) is 13.9. The topological polar surface area (TPSA) is 0 Å². The van der Waals surface area contributed by atoms with E-state index in [0.717, 1.165) is 29.6 Å². The van der Waals surface area contributed by atoms with Crippen LogP contribution in [0.4, 0.5) is 0 Å². The molecule has 0 aromatic rings. The van der Waals surface area contributed by atoms with Gasteiger partial charge in [0.15, 0.2) is 0 Å². The van der Waals surface area contributed by atoms with Crippen molar-refractivity contribution in [1.82, 2.24) is 0 Å². The lowest BCUT2D eigenvalue weighted by Crippen LogP contribution is -2.24. The molecule has 0 radical (unpaired) electrons. The van der Waals surface area contributed by atoms with Crippen LogP contribution in [0.3, 0.4) is 0 Å². The molecule has 0 aromatic heterocycles. The van der Waals surface area contributed by atoms with E-state index >= 15 is 0 Å². The molecule has 0 heterocycles. The minimum Gasteiger partial charge on any atom is -0.0848 e. The molecule has 0 N–H and O–H groups in total. The summed E-state index contributed by atoms with van der Waals surface area (Å²) in [6.45, 7) is 4.88. The first-order chi connectivity index (χ1) is 9.72. The first kappa shape index (κ1) is 14.7. The Labute approximate surface area is 126 Å². The van der Waals surface area contributed by atoms with Crippen molar-refractivity contribution in [2.24, 2.45) is 29.6 Å². The minimum atomic E-state index is 0.971. The van der Waals surface area contributed by atoms with Crippen molar-refractivity contribution in [3.8, 4) is 0 Å². The van der Waals surface area contributed by atoms with Crippen LogP contribution in [0.25, 0.3) is 0 Å². The summed E-state index contributed by atoms with van der Waals surface area (Å²) in [6, 6.07) is 0. The van der Waals surface area contributed by atoms with Crippen molar-refractivity contribution in [3.05, 3.63) is 11.6 Å². The molecule has 2 saturated carbocycles. The zero-order valence-corrected chi connectivity index (χ0v) is 13.7. The number of rotatable bonds is 2. The Kier molecular flexibility index (Phi) is 4.89. The predicted molar refractivity (Wildman–Crippen MR) is 87.7 cm³/mol. The molecular formula is C20H34. The van der Waals surface area contributed by atoms with Gasteiger partial charge in [-0.1, -0.05) is 51.2 Å². The molecule has 0 nitrogen and oxygen atoms in total. The maximum absolute atomic E-state index is 2.69. The van der Waals surface area contributed by atoms with Gasteiger partial charge in [0.25, 0.3) is 0 Å². The van der Waals surface area contributed by atoms with Gasteiger partial charge >= 0.3 is 0 Å². The molecule has 3 aliphatic rings. The fraction of sp³-hybridized carbons (Fsp3) is 0.900. The highest BCUT2D eigenvalue weighted by Gasteiger charge is 2.29. The molecule has 1 unspecified atom stereocenters. The summed E-state index contributed by atoms with van der Waals surface area (Å²) < 4.78 is 0. The summed E-state index contributed by atoms with van der Waals surface area (Å²) in [6.07, 6.45) is 19.0. The quantitative estimate of drug-likeness (QED) is 0.513. The molecule has 20 heavy (non-hydrogen) atoms. The van der Waals surface area contributed by atoms with Crippen LogP contribution >= 0.6 is 0 Å². The average Bonchev–Trinajstić information content (AvgIpc) is 2.49. The van der Waals surface area contributed by atoms with E-state index in [4.69, 9.17) is 0 Å². The van der Waals surface area contributed by atoms with E-state index in [2.05, 4.69) is 19.9 Å². The van der Waals surface area contributed by atoms with Crippen LogP contribution in [0.15, 0.2) is 11.6 Å². The summed E-state index contributed by atoms with van der Waals surface area (Å²) in [7, 11) is 0. The molecule has 0 aromatic carbocycles. The lowest BCUT2D eigenvalue weighted by molar-refractivity contribution is 0.195. The van der Waals surface area contributed by atoms with Gasteiger partial charge < -0.3 is 0 Å². The Bertz CT molecular complexity index is 324. The van der Waals surface area contributed by atoms with E-state index in [1.807, 2.05) is 5.57 Å². The van der Waals surface area contributed by atoms with Crippen molar-refractivity contribution in [2.75, 3.05) is 0 Å². The molecule has 3 aliphatic carbocycles. The summed E-state index contributed by atoms with van der Waals surface area (Å²) in [5.74, 6) is 5.07. The van der Waals surface area contributed by atoms with Crippen LogP contribution in [-0.2, 0) is 0 Å². The van der Waals surface area contributed by atoms with E-state index in [9.17, 15) is 0 Å². The third kappa shape index (κ3) is 3.49.